The Kier molecular flexibility index (Phi) is 6.77. The number of hydrogen-bond acceptors (Lipinski definition) is 3. The van der Waals surface area contributed by atoms with E-state index >= 15 is 0 Å². The zero-order valence-corrected chi connectivity index (χ0v) is 13.6. The summed E-state index contributed by atoms with van der Waals surface area (Å²) in [5, 5.41) is 3.27. The molecule has 1 saturated carbocycles. The van der Waals surface area contributed by atoms with Gasteiger partial charge in [0.25, 0.3) is 0 Å². The molecule has 2 fully saturated rings. The summed E-state index contributed by atoms with van der Waals surface area (Å²) in [6, 6.07) is 0.853. The van der Waals surface area contributed by atoms with Gasteiger partial charge >= 0.3 is 6.03 Å². The maximum absolute atomic E-state index is 12.7. The lowest BCUT2D eigenvalue weighted by molar-refractivity contribution is 0.0436. The highest BCUT2D eigenvalue weighted by atomic mass is 16.5. The largest absolute Gasteiger partial charge is 0.381 e. The second kappa shape index (κ2) is 8.59. The summed E-state index contributed by atoms with van der Waals surface area (Å²) in [7, 11) is 4.11. The third-order valence-corrected chi connectivity index (χ3v) is 4.61. The number of nitrogens with one attached hydrogen (secondary N) is 1. The topological polar surface area (TPSA) is 44.8 Å². The van der Waals surface area contributed by atoms with Crippen LogP contribution in [0.25, 0.3) is 0 Å². The highest BCUT2D eigenvalue weighted by Gasteiger charge is 2.27. The van der Waals surface area contributed by atoms with E-state index in [2.05, 4.69) is 29.2 Å². The number of carbonyl (C=O) groups excluding carboxylic acids is 1. The first-order valence-corrected chi connectivity index (χ1v) is 8.46. The molecule has 0 spiro atoms. The Morgan fingerprint density at radius 1 is 1.05 bits per heavy atom. The van der Waals surface area contributed by atoms with Crippen LogP contribution in [0, 0.1) is 0 Å². The second-order valence-corrected chi connectivity index (χ2v) is 6.62. The van der Waals surface area contributed by atoms with Crippen molar-refractivity contribution in [3.8, 4) is 0 Å². The summed E-state index contributed by atoms with van der Waals surface area (Å²) in [6.45, 7) is 3.27. The molecule has 0 radical (unpaired) electrons. The fraction of sp³-hybridized carbons (Fsp3) is 0.938. The normalized spacial score (nSPS) is 21.5. The van der Waals surface area contributed by atoms with Crippen molar-refractivity contribution < 1.29 is 9.53 Å². The molecule has 1 aliphatic heterocycles. The molecule has 0 bridgehead atoms. The van der Waals surface area contributed by atoms with Crippen molar-refractivity contribution in [2.75, 3.05) is 40.4 Å². The highest BCUT2D eigenvalue weighted by Crippen LogP contribution is 2.19. The van der Waals surface area contributed by atoms with E-state index in [0.29, 0.717) is 12.1 Å². The van der Waals surface area contributed by atoms with E-state index in [1.54, 1.807) is 0 Å². The minimum absolute atomic E-state index is 0.135. The smallest absolute Gasteiger partial charge is 0.317 e. The van der Waals surface area contributed by atoms with Crippen molar-refractivity contribution in [1.82, 2.24) is 15.1 Å². The zero-order valence-electron chi connectivity index (χ0n) is 13.6. The van der Waals surface area contributed by atoms with E-state index in [1.165, 1.54) is 19.3 Å². The van der Waals surface area contributed by atoms with Crippen molar-refractivity contribution in [3.05, 3.63) is 0 Å². The van der Waals surface area contributed by atoms with Gasteiger partial charge in [-0.2, -0.15) is 0 Å². The van der Waals surface area contributed by atoms with Crippen molar-refractivity contribution in [2.24, 2.45) is 0 Å². The summed E-state index contributed by atoms with van der Waals surface area (Å²) in [4.78, 5) is 16.9. The molecule has 1 saturated heterocycles. The Hall–Kier alpha value is -0.810. The minimum Gasteiger partial charge on any atom is -0.381 e. The molecule has 5 nitrogen and oxygen atoms in total. The van der Waals surface area contributed by atoms with E-state index in [9.17, 15) is 4.79 Å². The highest BCUT2D eigenvalue weighted by molar-refractivity contribution is 5.75. The van der Waals surface area contributed by atoms with Crippen molar-refractivity contribution in [1.29, 1.82) is 0 Å². The van der Waals surface area contributed by atoms with E-state index in [0.717, 1.165) is 52.0 Å². The first-order valence-electron chi connectivity index (χ1n) is 8.46. The Labute approximate surface area is 129 Å². The second-order valence-electron chi connectivity index (χ2n) is 6.62. The number of amides is 2. The van der Waals surface area contributed by atoms with Crippen LogP contribution in [0.1, 0.15) is 44.9 Å². The zero-order chi connectivity index (χ0) is 15.1. The van der Waals surface area contributed by atoms with Crippen LogP contribution in [0.15, 0.2) is 0 Å². The number of likely N-dealkylation sites (N-methyl/N-ethyl adjacent to an activating group) is 1. The van der Waals surface area contributed by atoms with Crippen LogP contribution in [0.2, 0.25) is 0 Å². The van der Waals surface area contributed by atoms with E-state index < -0.39 is 0 Å². The summed E-state index contributed by atoms with van der Waals surface area (Å²) >= 11 is 0. The van der Waals surface area contributed by atoms with E-state index in [1.807, 2.05) is 0 Å². The van der Waals surface area contributed by atoms with Gasteiger partial charge in [0.15, 0.2) is 0 Å². The predicted octanol–water partition coefficient (Wildman–Crippen LogP) is 2.07. The first-order chi connectivity index (χ1) is 10.2. The summed E-state index contributed by atoms with van der Waals surface area (Å²) < 4.78 is 5.44. The SMILES string of the molecule is CN(C)CCN(C(=O)NC1CCCCC1)C1CCOCC1. The van der Waals surface area contributed by atoms with Crippen LogP contribution in [-0.2, 0) is 4.74 Å². The average Bonchev–Trinajstić information content (AvgIpc) is 2.49. The van der Waals surface area contributed by atoms with Gasteiger partial charge < -0.3 is 19.9 Å². The molecule has 1 N–H and O–H groups in total. The van der Waals surface area contributed by atoms with E-state index in [-0.39, 0.29) is 6.03 Å². The van der Waals surface area contributed by atoms with Crippen LogP contribution >= 0.6 is 0 Å². The fourth-order valence-electron chi connectivity index (χ4n) is 3.26. The average molecular weight is 297 g/mol. The molecule has 2 amide bonds. The van der Waals surface area contributed by atoms with Gasteiger partial charge in [-0.05, 0) is 39.8 Å². The quantitative estimate of drug-likeness (QED) is 0.845. The lowest BCUT2D eigenvalue weighted by atomic mass is 9.95. The molecule has 5 heteroatoms. The molecule has 2 rings (SSSR count). The van der Waals surface area contributed by atoms with Gasteiger partial charge in [0.1, 0.15) is 0 Å². The third-order valence-electron chi connectivity index (χ3n) is 4.61. The van der Waals surface area contributed by atoms with Crippen LogP contribution in [0.5, 0.6) is 0 Å². The van der Waals surface area contributed by atoms with Crippen molar-refractivity contribution in [2.45, 2.75) is 57.0 Å². The molecular formula is C16H31N3O2. The molecule has 0 aromatic carbocycles. The molecule has 1 heterocycles. The van der Waals surface area contributed by atoms with Gasteiger partial charge in [-0.3, -0.25) is 0 Å². The summed E-state index contributed by atoms with van der Waals surface area (Å²) in [5.41, 5.74) is 0. The van der Waals surface area contributed by atoms with Crippen LogP contribution in [-0.4, -0.2) is 68.3 Å². The Morgan fingerprint density at radius 2 is 1.71 bits per heavy atom. The Morgan fingerprint density at radius 3 is 2.33 bits per heavy atom. The van der Waals surface area contributed by atoms with Crippen molar-refractivity contribution >= 4 is 6.03 Å². The number of carbonyl (C=O) groups is 1. The van der Waals surface area contributed by atoms with Gasteiger partial charge in [-0.1, -0.05) is 19.3 Å². The van der Waals surface area contributed by atoms with E-state index in [4.69, 9.17) is 4.74 Å². The van der Waals surface area contributed by atoms with Gasteiger partial charge in [0.2, 0.25) is 0 Å². The summed E-state index contributed by atoms with van der Waals surface area (Å²) in [5.74, 6) is 0. The lowest BCUT2D eigenvalue weighted by Crippen LogP contribution is -2.52. The molecule has 0 aromatic heterocycles. The first kappa shape index (κ1) is 16.6. The monoisotopic (exact) mass is 297 g/mol. The molecule has 0 atom stereocenters. The fourth-order valence-corrected chi connectivity index (χ4v) is 3.26. The molecule has 0 unspecified atom stereocenters. The van der Waals surface area contributed by atoms with Gasteiger partial charge in [-0.25, -0.2) is 4.79 Å². The maximum atomic E-state index is 12.7. The molecule has 2 aliphatic rings. The molecule has 0 aromatic rings. The molecule has 122 valence electrons. The van der Waals surface area contributed by atoms with Gasteiger partial charge in [-0.15, -0.1) is 0 Å². The third kappa shape index (κ3) is 5.47. The number of urea groups is 1. The Balaban J connectivity index is 1.90. The van der Waals surface area contributed by atoms with Crippen molar-refractivity contribution in [3.63, 3.8) is 0 Å². The number of nitrogens with zero attached hydrogens (tertiary/aromatic N) is 2. The number of ether oxygens (including phenoxy) is 1. The maximum Gasteiger partial charge on any atom is 0.317 e. The lowest BCUT2D eigenvalue weighted by Gasteiger charge is -2.36. The summed E-state index contributed by atoms with van der Waals surface area (Å²) in [6.07, 6.45) is 8.02. The molecule has 1 aliphatic carbocycles. The number of rotatable bonds is 5. The van der Waals surface area contributed by atoms with Gasteiger partial charge in [0.05, 0.1) is 0 Å². The van der Waals surface area contributed by atoms with Crippen LogP contribution in [0.3, 0.4) is 0 Å². The number of hydrogen-bond donors (Lipinski definition) is 1. The van der Waals surface area contributed by atoms with Crippen LogP contribution < -0.4 is 5.32 Å². The van der Waals surface area contributed by atoms with Crippen LogP contribution in [0.4, 0.5) is 4.79 Å². The Bertz CT molecular complexity index is 311. The standard InChI is InChI=1S/C16H31N3O2/c1-18(2)10-11-19(15-8-12-21-13-9-15)16(20)17-14-6-4-3-5-7-14/h14-15H,3-13H2,1-2H3,(H,17,20). The molecule has 21 heavy (non-hydrogen) atoms. The molecular weight excluding hydrogens is 266 g/mol. The predicted molar refractivity (Wildman–Crippen MR) is 84.5 cm³/mol. The van der Waals surface area contributed by atoms with Gasteiger partial charge in [0, 0.05) is 38.4 Å². The minimum atomic E-state index is 0.135.